The third-order valence-corrected chi connectivity index (χ3v) is 4.67. The van der Waals surface area contributed by atoms with Gasteiger partial charge in [0.25, 0.3) is 5.89 Å². The van der Waals surface area contributed by atoms with Gasteiger partial charge >= 0.3 is 6.36 Å². The number of benzene rings is 2. The Balaban J connectivity index is 1.55. The lowest BCUT2D eigenvalue weighted by molar-refractivity contribution is -0.274. The monoisotopic (exact) mass is 428 g/mol. The van der Waals surface area contributed by atoms with Crippen LogP contribution in [0.15, 0.2) is 59.1 Å². The number of halogens is 3. The molecular weight excluding hydrogens is 409 g/mol. The summed E-state index contributed by atoms with van der Waals surface area (Å²) in [6.07, 6.45) is -3.96. The average Bonchev–Trinajstić information content (AvgIpc) is 3.36. The number of alkyl halides is 3. The summed E-state index contributed by atoms with van der Waals surface area (Å²) in [6, 6.07) is 15.4. The fraction of sp³-hybridized carbons (Fsp3) is 0.227. The molecule has 0 aliphatic rings. The number of hydrogen-bond acceptors (Lipinski definition) is 5. The molecule has 0 saturated heterocycles. The van der Waals surface area contributed by atoms with Crippen molar-refractivity contribution in [2.24, 2.45) is 0 Å². The van der Waals surface area contributed by atoms with Crippen molar-refractivity contribution < 1.29 is 22.4 Å². The topological polar surface area (TPSA) is 66.0 Å². The normalized spacial score (nSPS) is 11.6. The second kappa shape index (κ2) is 8.25. The number of rotatable bonds is 6. The molecule has 2 heterocycles. The average molecular weight is 428 g/mol. The maximum absolute atomic E-state index is 12.3. The van der Waals surface area contributed by atoms with Crippen molar-refractivity contribution in [3.05, 3.63) is 71.4 Å². The van der Waals surface area contributed by atoms with Crippen molar-refractivity contribution >= 4 is 0 Å². The first kappa shape index (κ1) is 20.6. The first-order chi connectivity index (χ1) is 14.8. The van der Waals surface area contributed by atoms with Gasteiger partial charge in [0.05, 0.1) is 6.54 Å². The van der Waals surface area contributed by atoms with Crippen molar-refractivity contribution in [1.29, 1.82) is 0 Å². The van der Waals surface area contributed by atoms with Gasteiger partial charge in [-0.15, -0.1) is 13.2 Å². The minimum Gasteiger partial charge on any atom is -0.406 e. The molecule has 0 aliphatic carbocycles. The summed E-state index contributed by atoms with van der Waals surface area (Å²) >= 11 is 0. The molecule has 0 fully saturated rings. The lowest BCUT2D eigenvalue weighted by Crippen LogP contribution is -2.16. The Morgan fingerprint density at radius 2 is 1.74 bits per heavy atom. The predicted octanol–water partition coefficient (Wildman–Crippen LogP) is 5.42. The largest absolute Gasteiger partial charge is 0.573 e. The summed E-state index contributed by atoms with van der Waals surface area (Å²) in [6.45, 7) is 4.69. The molecule has 0 aliphatic heterocycles. The van der Waals surface area contributed by atoms with Crippen molar-refractivity contribution in [3.63, 3.8) is 0 Å². The molecule has 0 spiro atoms. The molecule has 31 heavy (non-hydrogen) atoms. The molecule has 4 rings (SSSR count). The molecule has 6 nitrogen and oxygen atoms in total. The summed E-state index contributed by atoms with van der Waals surface area (Å²) in [5.41, 5.74) is 4.38. The van der Waals surface area contributed by atoms with Crippen LogP contribution in [0.5, 0.6) is 5.75 Å². The van der Waals surface area contributed by atoms with Gasteiger partial charge in [-0.1, -0.05) is 41.9 Å². The molecule has 0 amide bonds. The van der Waals surface area contributed by atoms with Crippen LogP contribution in [0, 0.1) is 6.92 Å². The van der Waals surface area contributed by atoms with E-state index in [2.05, 4.69) is 44.2 Å². The van der Waals surface area contributed by atoms with E-state index in [1.165, 1.54) is 29.8 Å². The maximum atomic E-state index is 12.3. The van der Waals surface area contributed by atoms with Crippen molar-refractivity contribution in [1.82, 2.24) is 19.9 Å². The highest BCUT2D eigenvalue weighted by Gasteiger charge is 2.31. The van der Waals surface area contributed by atoms with Crippen LogP contribution in [0.1, 0.15) is 23.7 Å². The fourth-order valence-electron chi connectivity index (χ4n) is 3.10. The molecule has 0 saturated carbocycles. The van der Waals surface area contributed by atoms with Gasteiger partial charge < -0.3 is 9.26 Å². The Labute approximate surface area is 176 Å². The Morgan fingerprint density at radius 3 is 2.39 bits per heavy atom. The molecule has 0 unspecified atom stereocenters. The van der Waals surface area contributed by atoms with Crippen molar-refractivity contribution in [2.75, 3.05) is 0 Å². The number of nitrogens with zero attached hydrogens (tertiary/aromatic N) is 4. The lowest BCUT2D eigenvalue weighted by Gasteiger charge is -2.08. The SMILES string of the molecule is CCc1cc(-c2nc(-c3ccc(OC(F)(F)F)cc3)no2)nn1Cc1ccc(C)cc1. The van der Waals surface area contributed by atoms with E-state index in [1.807, 2.05) is 24.6 Å². The molecule has 9 heteroatoms. The van der Waals surface area contributed by atoms with Gasteiger partial charge in [-0.2, -0.15) is 10.1 Å². The minimum absolute atomic E-state index is 0.239. The van der Waals surface area contributed by atoms with Gasteiger partial charge in [-0.25, -0.2) is 0 Å². The van der Waals surface area contributed by atoms with Crippen LogP contribution in [-0.4, -0.2) is 26.3 Å². The van der Waals surface area contributed by atoms with E-state index < -0.39 is 6.36 Å². The molecule has 0 atom stereocenters. The van der Waals surface area contributed by atoms with Gasteiger partial charge in [0.15, 0.2) is 5.69 Å². The first-order valence-electron chi connectivity index (χ1n) is 9.63. The molecule has 0 radical (unpaired) electrons. The summed E-state index contributed by atoms with van der Waals surface area (Å²) < 4.78 is 48.0. The summed E-state index contributed by atoms with van der Waals surface area (Å²) in [7, 11) is 0. The molecule has 2 aromatic carbocycles. The standard InChI is InChI=1S/C22H19F3N4O2/c1-3-17-12-19(27-29(17)13-15-6-4-14(2)5-7-15)21-26-20(28-31-21)16-8-10-18(11-9-16)30-22(23,24)25/h4-12H,3,13H2,1-2H3. The van der Waals surface area contributed by atoms with Gasteiger partial charge in [-0.05, 0) is 49.2 Å². The van der Waals surface area contributed by atoms with Crippen LogP contribution < -0.4 is 4.74 Å². The van der Waals surface area contributed by atoms with Crippen LogP contribution in [0.2, 0.25) is 0 Å². The summed E-state index contributed by atoms with van der Waals surface area (Å²) in [5.74, 6) is 0.171. The summed E-state index contributed by atoms with van der Waals surface area (Å²) in [5, 5.41) is 8.53. The second-order valence-corrected chi connectivity index (χ2v) is 7.01. The molecule has 4 aromatic rings. The van der Waals surface area contributed by atoms with Gasteiger partial charge in [0, 0.05) is 11.3 Å². The maximum Gasteiger partial charge on any atom is 0.573 e. The second-order valence-electron chi connectivity index (χ2n) is 7.01. The summed E-state index contributed by atoms with van der Waals surface area (Å²) in [4.78, 5) is 4.35. The predicted molar refractivity (Wildman–Crippen MR) is 107 cm³/mol. The zero-order valence-corrected chi connectivity index (χ0v) is 16.8. The molecule has 160 valence electrons. The van der Waals surface area contributed by atoms with Gasteiger partial charge in [0.2, 0.25) is 5.82 Å². The molecule has 0 bridgehead atoms. The highest BCUT2D eigenvalue weighted by molar-refractivity contribution is 5.59. The van der Waals surface area contributed by atoms with Crippen LogP contribution in [0.4, 0.5) is 13.2 Å². The lowest BCUT2D eigenvalue weighted by atomic mass is 10.1. The smallest absolute Gasteiger partial charge is 0.406 e. The van der Waals surface area contributed by atoms with E-state index in [1.54, 1.807) is 0 Å². The zero-order valence-electron chi connectivity index (χ0n) is 16.8. The quantitative estimate of drug-likeness (QED) is 0.410. The number of hydrogen-bond donors (Lipinski definition) is 0. The molecular formula is C22H19F3N4O2. The Hall–Kier alpha value is -3.62. The van der Waals surface area contributed by atoms with Crippen LogP contribution >= 0.6 is 0 Å². The van der Waals surface area contributed by atoms with E-state index >= 15 is 0 Å². The van der Waals surface area contributed by atoms with Crippen molar-refractivity contribution in [3.8, 4) is 28.7 Å². The third kappa shape index (κ3) is 4.93. The van der Waals surface area contributed by atoms with Crippen LogP contribution in [0.3, 0.4) is 0 Å². The van der Waals surface area contributed by atoms with Gasteiger partial charge in [0.1, 0.15) is 5.75 Å². The number of ether oxygens (including phenoxy) is 1. The third-order valence-electron chi connectivity index (χ3n) is 4.67. The number of aromatic nitrogens is 4. The highest BCUT2D eigenvalue weighted by Crippen LogP contribution is 2.27. The van der Waals surface area contributed by atoms with Crippen LogP contribution in [-0.2, 0) is 13.0 Å². The Kier molecular flexibility index (Phi) is 5.50. The van der Waals surface area contributed by atoms with E-state index in [4.69, 9.17) is 4.52 Å². The number of aryl methyl sites for hydroxylation is 2. The Morgan fingerprint density at radius 1 is 1.03 bits per heavy atom. The first-order valence-corrected chi connectivity index (χ1v) is 9.63. The van der Waals surface area contributed by atoms with E-state index in [-0.39, 0.29) is 17.5 Å². The van der Waals surface area contributed by atoms with E-state index in [0.717, 1.165) is 17.7 Å². The van der Waals surface area contributed by atoms with Gasteiger partial charge in [-0.3, -0.25) is 4.68 Å². The highest BCUT2D eigenvalue weighted by atomic mass is 19.4. The Bertz CT molecular complexity index is 1160. The fourth-order valence-corrected chi connectivity index (χ4v) is 3.10. The molecule has 0 N–H and O–H groups in total. The van der Waals surface area contributed by atoms with E-state index in [9.17, 15) is 13.2 Å². The minimum atomic E-state index is -4.74. The molecule has 2 aromatic heterocycles. The van der Waals surface area contributed by atoms with E-state index in [0.29, 0.717) is 17.8 Å². The zero-order chi connectivity index (χ0) is 22.0. The van der Waals surface area contributed by atoms with Crippen LogP contribution in [0.25, 0.3) is 23.0 Å². The van der Waals surface area contributed by atoms with Crippen molar-refractivity contribution in [2.45, 2.75) is 33.2 Å².